The van der Waals surface area contributed by atoms with Crippen molar-refractivity contribution >= 4 is 19.8 Å². The predicted octanol–water partition coefficient (Wildman–Crippen LogP) is 13.1. The molecule has 0 aromatic rings. The van der Waals surface area contributed by atoms with Crippen molar-refractivity contribution in [3.8, 4) is 0 Å². The average molecular weight is 810 g/mol. The van der Waals surface area contributed by atoms with Crippen molar-refractivity contribution in [3.63, 3.8) is 0 Å². The van der Waals surface area contributed by atoms with E-state index in [9.17, 15) is 19.0 Å². The van der Waals surface area contributed by atoms with Crippen LogP contribution in [0.15, 0.2) is 48.6 Å². The molecule has 0 aliphatic rings. The molecule has 0 rings (SSSR count). The van der Waals surface area contributed by atoms with Crippen molar-refractivity contribution in [1.29, 1.82) is 0 Å². The van der Waals surface area contributed by atoms with Gasteiger partial charge in [-0.3, -0.25) is 18.6 Å². The average Bonchev–Trinajstić information content (AvgIpc) is 3.18. The second-order valence-electron chi connectivity index (χ2n) is 14.9. The Morgan fingerprint density at radius 3 is 1.39 bits per heavy atom. The highest BCUT2D eigenvalue weighted by molar-refractivity contribution is 7.47. The minimum Gasteiger partial charge on any atom is -0.462 e. The van der Waals surface area contributed by atoms with Crippen LogP contribution in [-0.2, 0) is 32.7 Å². The van der Waals surface area contributed by atoms with Crippen LogP contribution in [0.2, 0.25) is 0 Å². The van der Waals surface area contributed by atoms with Gasteiger partial charge in [-0.1, -0.05) is 159 Å². The zero-order valence-electron chi connectivity index (χ0n) is 35.9. The summed E-state index contributed by atoms with van der Waals surface area (Å²) in [6, 6.07) is 0. The van der Waals surface area contributed by atoms with Crippen LogP contribution < -0.4 is 5.73 Å². The van der Waals surface area contributed by atoms with E-state index < -0.39 is 32.5 Å². The lowest BCUT2D eigenvalue weighted by Gasteiger charge is -2.19. The molecule has 0 saturated carbocycles. The number of carbonyl (C=O) groups excluding carboxylic acids is 2. The van der Waals surface area contributed by atoms with Crippen LogP contribution in [0.25, 0.3) is 0 Å². The SMILES string of the molecule is CCCCC/C=C\C/C=C\CCCCCCCCCCCC(=O)OC(COC(=O)CCCCCCC/C=C\C/C=C\CCCCCC)COP(=O)(O)OCCN. The van der Waals surface area contributed by atoms with E-state index in [0.29, 0.717) is 12.8 Å². The first-order valence-electron chi connectivity index (χ1n) is 22.6. The number of hydrogen-bond donors (Lipinski definition) is 2. The summed E-state index contributed by atoms with van der Waals surface area (Å²) in [5.41, 5.74) is 5.35. The van der Waals surface area contributed by atoms with Gasteiger partial charge in [-0.25, -0.2) is 4.57 Å². The number of unbranched alkanes of at least 4 members (excludes halogenated alkanes) is 21. The Hall–Kier alpha value is -2.03. The highest BCUT2D eigenvalue weighted by Crippen LogP contribution is 2.43. The van der Waals surface area contributed by atoms with Gasteiger partial charge in [0.05, 0.1) is 13.2 Å². The van der Waals surface area contributed by atoms with E-state index in [2.05, 4.69) is 62.5 Å². The molecule has 0 amide bonds. The van der Waals surface area contributed by atoms with Crippen molar-refractivity contribution in [1.82, 2.24) is 0 Å². The summed E-state index contributed by atoms with van der Waals surface area (Å²) in [5, 5.41) is 0. The summed E-state index contributed by atoms with van der Waals surface area (Å²) in [5.74, 6) is -0.848. The van der Waals surface area contributed by atoms with E-state index in [4.69, 9.17) is 24.3 Å². The zero-order valence-corrected chi connectivity index (χ0v) is 36.8. The minimum absolute atomic E-state index is 0.0493. The molecule has 10 heteroatoms. The van der Waals surface area contributed by atoms with E-state index in [0.717, 1.165) is 70.6 Å². The van der Waals surface area contributed by atoms with Crippen LogP contribution in [-0.4, -0.2) is 49.3 Å². The molecule has 0 bridgehead atoms. The first kappa shape index (κ1) is 54.0. The van der Waals surface area contributed by atoms with E-state index in [1.54, 1.807) is 0 Å². The summed E-state index contributed by atoms with van der Waals surface area (Å²) in [7, 11) is -4.38. The van der Waals surface area contributed by atoms with Gasteiger partial charge in [-0.15, -0.1) is 0 Å². The molecule has 2 unspecified atom stereocenters. The van der Waals surface area contributed by atoms with Crippen LogP contribution in [0, 0.1) is 0 Å². The topological polar surface area (TPSA) is 134 Å². The Morgan fingerprint density at radius 1 is 0.536 bits per heavy atom. The maximum atomic E-state index is 12.6. The first-order chi connectivity index (χ1) is 27.3. The van der Waals surface area contributed by atoms with Gasteiger partial charge in [0.2, 0.25) is 0 Å². The number of rotatable bonds is 42. The molecule has 0 spiro atoms. The summed E-state index contributed by atoms with van der Waals surface area (Å²) in [4.78, 5) is 34.9. The monoisotopic (exact) mass is 810 g/mol. The normalized spacial score (nSPS) is 13.7. The Morgan fingerprint density at radius 2 is 0.929 bits per heavy atom. The maximum absolute atomic E-state index is 12.6. The van der Waals surface area contributed by atoms with Crippen molar-refractivity contribution < 1.29 is 37.6 Å². The highest BCUT2D eigenvalue weighted by atomic mass is 31.2. The van der Waals surface area contributed by atoms with Gasteiger partial charge in [0.15, 0.2) is 6.10 Å². The number of allylic oxidation sites excluding steroid dienone is 8. The fourth-order valence-electron chi connectivity index (χ4n) is 6.05. The van der Waals surface area contributed by atoms with Crippen LogP contribution in [0.3, 0.4) is 0 Å². The van der Waals surface area contributed by atoms with E-state index in [1.165, 1.54) is 89.9 Å². The molecule has 0 aliphatic heterocycles. The molecule has 326 valence electrons. The number of hydrogen-bond acceptors (Lipinski definition) is 8. The van der Waals surface area contributed by atoms with Crippen LogP contribution in [0.5, 0.6) is 0 Å². The lowest BCUT2D eigenvalue weighted by molar-refractivity contribution is -0.161. The maximum Gasteiger partial charge on any atom is 0.472 e. The quantitative estimate of drug-likeness (QED) is 0.0267. The van der Waals surface area contributed by atoms with E-state index in [-0.39, 0.29) is 32.6 Å². The fourth-order valence-corrected chi connectivity index (χ4v) is 6.81. The van der Waals surface area contributed by atoms with Crippen molar-refractivity contribution in [2.75, 3.05) is 26.4 Å². The molecule has 0 aromatic heterocycles. The number of phosphoric acid groups is 1. The number of phosphoric ester groups is 1. The molecular formula is C46H84NO8P. The van der Waals surface area contributed by atoms with Gasteiger partial charge in [0, 0.05) is 19.4 Å². The third kappa shape index (κ3) is 41.6. The fraction of sp³-hybridized carbons (Fsp3) is 0.783. The second-order valence-corrected chi connectivity index (χ2v) is 16.4. The molecule has 9 nitrogen and oxygen atoms in total. The summed E-state index contributed by atoms with van der Waals surface area (Å²) < 4.78 is 32.8. The summed E-state index contributed by atoms with van der Waals surface area (Å²) in [6.07, 6.45) is 48.5. The summed E-state index contributed by atoms with van der Waals surface area (Å²) in [6.45, 7) is 3.67. The van der Waals surface area contributed by atoms with Gasteiger partial charge in [-0.2, -0.15) is 0 Å². The van der Waals surface area contributed by atoms with E-state index in [1.807, 2.05) is 0 Å². The number of nitrogens with two attached hydrogens (primary N) is 1. The second kappa shape index (κ2) is 42.6. The molecule has 2 atom stereocenters. The summed E-state index contributed by atoms with van der Waals surface area (Å²) >= 11 is 0. The number of carbonyl (C=O) groups is 2. The van der Waals surface area contributed by atoms with Gasteiger partial charge < -0.3 is 20.1 Å². The zero-order chi connectivity index (χ0) is 41.1. The standard InChI is InChI=1S/C46H84NO8P/c1-3-5-7-9-11-13-15-17-19-21-22-23-25-27-29-31-33-35-37-39-46(49)55-44(43-54-56(50,51)53-41-40-47)42-52-45(48)38-36-34-32-30-28-26-24-20-18-16-14-12-10-8-6-4-2/h11,13-14,16-17,19-20,24,44H,3-10,12,15,18,21-23,25-43,47H2,1-2H3,(H,50,51)/b13-11-,16-14-,19-17-,24-20-. The van der Waals surface area contributed by atoms with Gasteiger partial charge >= 0.3 is 19.8 Å². The van der Waals surface area contributed by atoms with Gasteiger partial charge in [0.1, 0.15) is 6.61 Å². The lowest BCUT2D eigenvalue weighted by atomic mass is 10.1. The van der Waals surface area contributed by atoms with Crippen molar-refractivity contribution in [2.45, 2.75) is 206 Å². The van der Waals surface area contributed by atoms with Crippen molar-refractivity contribution in [3.05, 3.63) is 48.6 Å². The predicted molar refractivity (Wildman–Crippen MR) is 233 cm³/mol. The van der Waals surface area contributed by atoms with Gasteiger partial charge in [-0.05, 0) is 77.0 Å². The smallest absolute Gasteiger partial charge is 0.462 e. The van der Waals surface area contributed by atoms with Gasteiger partial charge in [0.25, 0.3) is 0 Å². The van der Waals surface area contributed by atoms with Crippen LogP contribution >= 0.6 is 7.82 Å². The first-order valence-corrected chi connectivity index (χ1v) is 24.1. The Labute approximate surface area is 343 Å². The highest BCUT2D eigenvalue weighted by Gasteiger charge is 2.26. The Balaban J connectivity index is 4.15. The molecule has 0 fully saturated rings. The molecule has 0 aliphatic carbocycles. The Bertz CT molecular complexity index is 1060. The number of ether oxygens (including phenoxy) is 2. The minimum atomic E-state index is -4.38. The molecule has 0 radical (unpaired) electrons. The molecule has 0 saturated heterocycles. The molecule has 0 aromatic carbocycles. The number of esters is 2. The van der Waals surface area contributed by atoms with Crippen molar-refractivity contribution in [2.24, 2.45) is 5.73 Å². The molecule has 0 heterocycles. The molecular weight excluding hydrogens is 725 g/mol. The Kier molecular flexibility index (Phi) is 41.0. The van der Waals surface area contributed by atoms with Crippen LogP contribution in [0.1, 0.15) is 200 Å². The lowest BCUT2D eigenvalue weighted by Crippen LogP contribution is -2.29. The van der Waals surface area contributed by atoms with Crippen LogP contribution in [0.4, 0.5) is 0 Å². The largest absolute Gasteiger partial charge is 0.472 e. The molecule has 3 N–H and O–H groups in total. The third-order valence-electron chi connectivity index (χ3n) is 9.44. The molecule has 56 heavy (non-hydrogen) atoms. The third-order valence-corrected chi connectivity index (χ3v) is 10.4. The van der Waals surface area contributed by atoms with E-state index >= 15 is 0 Å².